The Balaban J connectivity index is 0.987. The lowest BCUT2D eigenvalue weighted by Gasteiger charge is -2.33. The molecule has 2 aliphatic heterocycles. The van der Waals surface area contributed by atoms with Crippen molar-refractivity contribution < 1.29 is 37.4 Å². The van der Waals surface area contributed by atoms with E-state index in [4.69, 9.17) is 9.47 Å². The molecule has 16 heteroatoms. The lowest BCUT2D eigenvalue weighted by Crippen LogP contribution is -2.58. The van der Waals surface area contributed by atoms with Crippen molar-refractivity contribution in [2.75, 3.05) is 27.2 Å². The van der Waals surface area contributed by atoms with Crippen LogP contribution in [-0.2, 0) is 54.7 Å². The highest BCUT2D eigenvalue weighted by atomic mass is 19.1. The number of likely N-dealkylation sites (tertiary alicyclic amines) is 2. The number of likely N-dealkylation sites (N-methyl/N-ethyl adjacent to an activating group) is 2. The Kier molecular flexibility index (Phi) is 17.8. The minimum absolute atomic E-state index is 0.223. The number of nitrogens with one attached hydrogen (secondary N) is 6. The van der Waals surface area contributed by atoms with Crippen molar-refractivity contribution in [3.63, 3.8) is 0 Å². The summed E-state index contributed by atoms with van der Waals surface area (Å²) in [5, 5.41) is 13.6. The Bertz CT molecular complexity index is 2990. The summed E-state index contributed by atoms with van der Waals surface area (Å²) in [6.45, 7) is 8.66. The summed E-state index contributed by atoms with van der Waals surface area (Å²) >= 11 is 0. The van der Waals surface area contributed by atoms with Gasteiger partial charge in [-0.25, -0.2) is 8.78 Å². The third-order valence-corrected chi connectivity index (χ3v) is 15.8. The van der Waals surface area contributed by atoms with Gasteiger partial charge in [-0.2, -0.15) is 0 Å². The van der Waals surface area contributed by atoms with Gasteiger partial charge >= 0.3 is 0 Å². The molecule has 0 spiro atoms. The summed E-state index contributed by atoms with van der Waals surface area (Å²) in [4.78, 5) is 67.1. The maximum Gasteiger partial charge on any atom is 0.248 e. The zero-order valence-corrected chi connectivity index (χ0v) is 45.3. The second kappa shape index (κ2) is 25.0. The number of hydrogen-bond donors (Lipinski definition) is 6. The van der Waals surface area contributed by atoms with Gasteiger partial charge < -0.3 is 50.5 Å². The number of amides is 4. The van der Waals surface area contributed by atoms with Crippen LogP contribution in [0, 0.1) is 11.6 Å². The zero-order chi connectivity index (χ0) is 55.0. The molecule has 6 N–H and O–H groups in total. The molecule has 2 saturated heterocycles. The van der Waals surface area contributed by atoms with Crippen molar-refractivity contribution in [1.29, 1.82) is 0 Å². The molecule has 78 heavy (non-hydrogen) atoms. The summed E-state index contributed by atoms with van der Waals surface area (Å²) in [5.74, 6) is -1.83. The topological polar surface area (TPSA) is 173 Å². The van der Waals surface area contributed by atoms with E-state index in [9.17, 15) is 28.0 Å². The van der Waals surface area contributed by atoms with Gasteiger partial charge in [0.1, 0.15) is 23.7 Å². The predicted molar refractivity (Wildman–Crippen MR) is 300 cm³/mol. The van der Waals surface area contributed by atoms with E-state index in [1.54, 1.807) is 40.1 Å². The van der Waals surface area contributed by atoms with E-state index in [2.05, 4.69) is 31.2 Å². The molecule has 9 rings (SSSR count). The molecule has 0 saturated carbocycles. The van der Waals surface area contributed by atoms with Gasteiger partial charge in [0.15, 0.2) is 0 Å². The van der Waals surface area contributed by atoms with Crippen molar-refractivity contribution in [1.82, 2.24) is 41.0 Å². The van der Waals surface area contributed by atoms with Crippen LogP contribution in [0.3, 0.4) is 0 Å². The van der Waals surface area contributed by atoms with E-state index in [1.165, 1.54) is 24.3 Å². The fraction of sp³-hybridized carbons (Fsp3) is 0.387. The lowest BCUT2D eigenvalue weighted by atomic mass is 9.95. The standard InChI is InChI=1S/C62H72F2N8O6/c1-37(65-5)59(73)69-55(39(3)77-35-41-15-9-7-10-16-41)61(75)71-29-13-19-47(71)33-51-49-27-25-45(63)31-53(49)67-57(51)43-21-23-44(24-22-43)58-52(50-28-26-46(64)32-54(50)68-58)34-48-20-14-30-72(48)62(76)56(70-60(74)38(2)66-6)40(4)78-36-42-17-11-8-12-18-42/h7-12,15-18,21-28,31-32,37-40,47-48,55-56,65-68H,13-14,19-20,29-30,33-36H2,1-6H3,(H,69,73)(H,70,74)/t37-,38-,39+,40+,47-,48-,55-,56-/m0/s1. The Morgan fingerprint density at radius 1 is 0.564 bits per heavy atom. The van der Waals surface area contributed by atoms with Crippen LogP contribution in [0.15, 0.2) is 121 Å². The number of benzene rings is 5. The molecule has 14 nitrogen and oxygen atoms in total. The highest BCUT2D eigenvalue weighted by Gasteiger charge is 2.40. The van der Waals surface area contributed by atoms with Gasteiger partial charge in [0.2, 0.25) is 23.6 Å². The van der Waals surface area contributed by atoms with Crippen LogP contribution in [-0.4, -0.2) is 119 Å². The molecule has 0 bridgehead atoms. The summed E-state index contributed by atoms with van der Waals surface area (Å²) in [6, 6.07) is 33.4. The van der Waals surface area contributed by atoms with Gasteiger partial charge in [-0.1, -0.05) is 84.9 Å². The molecular weight excluding hydrogens is 991 g/mol. The Labute approximate surface area is 455 Å². The molecule has 0 unspecified atom stereocenters. The average Bonchev–Trinajstić information content (AvgIpc) is 4.43. The van der Waals surface area contributed by atoms with Crippen LogP contribution in [0.1, 0.15) is 75.6 Å². The highest BCUT2D eigenvalue weighted by Crippen LogP contribution is 2.38. The van der Waals surface area contributed by atoms with Crippen LogP contribution in [0.25, 0.3) is 44.3 Å². The van der Waals surface area contributed by atoms with Crippen LogP contribution in [0.2, 0.25) is 0 Å². The Morgan fingerprint density at radius 2 is 0.949 bits per heavy atom. The van der Waals surface area contributed by atoms with Gasteiger partial charge in [0.05, 0.1) is 37.5 Å². The normalized spacial score (nSPS) is 17.9. The monoisotopic (exact) mass is 1060 g/mol. The number of aromatic nitrogens is 2. The number of halogens is 2. The number of aromatic amines is 2. The van der Waals surface area contributed by atoms with Gasteiger partial charge in [-0.15, -0.1) is 0 Å². The number of carbonyl (C=O) groups is 4. The molecule has 2 aromatic heterocycles. The second-order valence-corrected chi connectivity index (χ2v) is 21.0. The van der Waals surface area contributed by atoms with Crippen LogP contribution < -0.4 is 21.3 Å². The fourth-order valence-electron chi connectivity index (χ4n) is 11.1. The predicted octanol–water partition coefficient (Wildman–Crippen LogP) is 8.72. The summed E-state index contributed by atoms with van der Waals surface area (Å²) in [6.07, 6.45) is 2.62. The molecule has 2 aliphatic rings. The number of ether oxygens (including phenoxy) is 2. The summed E-state index contributed by atoms with van der Waals surface area (Å²) in [5.41, 5.74) is 8.29. The Hall–Kier alpha value is -7.24. The molecule has 4 heterocycles. The number of carbonyl (C=O) groups excluding carboxylic acids is 4. The Morgan fingerprint density at radius 3 is 1.32 bits per heavy atom. The maximum absolute atomic E-state index is 14.9. The maximum atomic E-state index is 14.9. The minimum Gasteiger partial charge on any atom is -0.371 e. The van der Waals surface area contributed by atoms with Crippen LogP contribution >= 0.6 is 0 Å². The van der Waals surface area contributed by atoms with Crippen molar-refractivity contribution in [2.45, 2.75) is 128 Å². The lowest BCUT2D eigenvalue weighted by molar-refractivity contribution is -0.142. The molecule has 5 aromatic carbocycles. The fourth-order valence-corrected chi connectivity index (χ4v) is 11.1. The van der Waals surface area contributed by atoms with Crippen molar-refractivity contribution in [2.24, 2.45) is 0 Å². The number of H-pyrrole nitrogens is 2. The van der Waals surface area contributed by atoms with Gasteiger partial charge in [-0.3, -0.25) is 19.2 Å². The average molecular weight is 1060 g/mol. The number of rotatable bonds is 22. The number of fused-ring (bicyclic) bond motifs is 2. The van der Waals surface area contributed by atoms with E-state index in [1.807, 2.05) is 109 Å². The molecule has 8 atom stereocenters. The summed E-state index contributed by atoms with van der Waals surface area (Å²) in [7, 11) is 3.39. The molecule has 2 fully saturated rings. The smallest absolute Gasteiger partial charge is 0.248 e. The zero-order valence-electron chi connectivity index (χ0n) is 45.3. The largest absolute Gasteiger partial charge is 0.371 e. The first-order valence-corrected chi connectivity index (χ1v) is 27.3. The first-order chi connectivity index (χ1) is 37.7. The third kappa shape index (κ3) is 12.5. The minimum atomic E-state index is -0.949. The highest BCUT2D eigenvalue weighted by molar-refractivity contribution is 5.95. The number of hydrogen-bond acceptors (Lipinski definition) is 8. The second-order valence-electron chi connectivity index (χ2n) is 21.0. The molecular formula is C62H72F2N8O6. The van der Waals surface area contributed by atoms with Gasteiger partial charge in [0, 0.05) is 58.4 Å². The van der Waals surface area contributed by atoms with E-state index < -0.39 is 36.4 Å². The van der Waals surface area contributed by atoms with E-state index >= 15 is 0 Å². The first-order valence-electron chi connectivity index (χ1n) is 27.3. The quantitative estimate of drug-likeness (QED) is 0.0391. The van der Waals surface area contributed by atoms with E-state index in [0.29, 0.717) is 37.0 Å². The van der Waals surface area contributed by atoms with E-state index in [0.717, 1.165) is 81.2 Å². The third-order valence-electron chi connectivity index (χ3n) is 15.8. The van der Waals surface area contributed by atoms with Crippen molar-refractivity contribution in [3.8, 4) is 22.5 Å². The molecule has 4 amide bonds. The molecule has 0 aliphatic carbocycles. The van der Waals surface area contributed by atoms with Gasteiger partial charge in [-0.05, 0) is 150 Å². The molecule has 410 valence electrons. The molecule has 0 radical (unpaired) electrons. The van der Waals surface area contributed by atoms with Crippen LogP contribution in [0.4, 0.5) is 8.78 Å². The summed E-state index contributed by atoms with van der Waals surface area (Å²) < 4.78 is 42.4. The SMILES string of the molecule is CN[C@@H](C)C(=O)N[C@H](C(=O)N1CCC[C@H]1Cc1c(-c2ccc(-c3[nH]c4cc(F)ccc4c3C[C@@H]3CCCN3C(=O)[C@@H](NC(=O)[C@H](C)NC)[C@@H](C)OCc3ccccc3)cc2)[nH]c2cc(F)ccc12)[C@@H](C)OCc1ccccc1. The van der Waals surface area contributed by atoms with Crippen molar-refractivity contribution >= 4 is 45.4 Å². The molecule has 7 aromatic rings. The van der Waals surface area contributed by atoms with Crippen molar-refractivity contribution in [3.05, 3.63) is 155 Å². The van der Waals surface area contributed by atoms with E-state index in [-0.39, 0.29) is 60.6 Å². The number of nitrogens with zero attached hydrogens (tertiary/aromatic N) is 2. The first kappa shape index (κ1) is 55.5. The van der Waals surface area contributed by atoms with Gasteiger partial charge in [0.25, 0.3) is 0 Å². The van der Waals surface area contributed by atoms with Crippen LogP contribution in [0.5, 0.6) is 0 Å².